The molecule has 2 N–H and O–H groups in total. The Hall–Kier alpha value is -5.56. The van der Waals surface area contributed by atoms with Gasteiger partial charge in [-0.2, -0.15) is 0 Å². The predicted molar refractivity (Wildman–Crippen MR) is 214 cm³/mol. The maximum Gasteiger partial charge on any atom is 0.357 e. The Morgan fingerprint density at radius 3 is 2.18 bits per heavy atom. The minimum Gasteiger partial charge on any atom is -0.428 e. The normalized spacial score (nSPS) is 16.7. The molecule has 5 aromatic rings. The van der Waals surface area contributed by atoms with Gasteiger partial charge in [0, 0.05) is 23.8 Å². The molecule has 18 heteroatoms. The Morgan fingerprint density at radius 1 is 0.964 bits per heavy atom. The molecule has 3 aromatic carbocycles. The van der Waals surface area contributed by atoms with Gasteiger partial charge in [0.05, 0.1) is 6.20 Å². The molecule has 14 nitrogen and oxygen atoms in total. The number of β-lactam (4-membered cyclic amide) rings is 1. The molecule has 286 valence electrons. The molecule has 0 radical (unpaired) electrons. The molecular formula is C38H33N7O7S4. The lowest BCUT2D eigenvalue weighted by molar-refractivity contribution is -0.166. The first kappa shape index (κ1) is 38.7. The van der Waals surface area contributed by atoms with Gasteiger partial charge in [-0.3, -0.25) is 19.3 Å². The molecule has 7 rings (SSSR count). The van der Waals surface area contributed by atoms with Crippen molar-refractivity contribution in [2.75, 3.05) is 30.7 Å². The van der Waals surface area contributed by atoms with Crippen LogP contribution >= 0.6 is 46.4 Å². The van der Waals surface area contributed by atoms with Crippen LogP contribution in [-0.4, -0.2) is 85.8 Å². The largest absolute Gasteiger partial charge is 0.428 e. The quantitative estimate of drug-likeness (QED) is 0.0267. The van der Waals surface area contributed by atoms with Crippen molar-refractivity contribution in [2.24, 2.45) is 5.16 Å². The Morgan fingerprint density at radius 2 is 1.61 bits per heavy atom. The summed E-state index contributed by atoms with van der Waals surface area (Å²) in [6.07, 6.45) is 1.61. The van der Waals surface area contributed by atoms with Gasteiger partial charge in [-0.05, 0) is 33.8 Å². The van der Waals surface area contributed by atoms with E-state index in [0.29, 0.717) is 22.2 Å². The third kappa shape index (κ3) is 8.04. The monoisotopic (exact) mass is 827 g/mol. The highest BCUT2D eigenvalue weighted by molar-refractivity contribution is 8.01. The summed E-state index contributed by atoms with van der Waals surface area (Å²) in [6.45, 7) is 0.580. The van der Waals surface area contributed by atoms with E-state index >= 15 is 0 Å². The molecule has 56 heavy (non-hydrogen) atoms. The number of esters is 2. The number of anilines is 1. The van der Waals surface area contributed by atoms with E-state index in [9.17, 15) is 19.2 Å². The van der Waals surface area contributed by atoms with Crippen LogP contribution in [0.1, 0.15) is 29.3 Å². The van der Waals surface area contributed by atoms with Crippen LogP contribution < -0.4 is 10.6 Å². The number of thioether (sulfide) groups is 2. The number of thiazole rings is 1. The summed E-state index contributed by atoms with van der Waals surface area (Å²) in [5.41, 5.74) is 2.83. The number of fused-ring (bicyclic) bond motifs is 1. The van der Waals surface area contributed by atoms with Crippen molar-refractivity contribution < 1.29 is 33.5 Å². The number of carbonyl (C=O) groups is 4. The van der Waals surface area contributed by atoms with Crippen LogP contribution in [-0.2, 0) is 39.0 Å². The Bertz CT molecular complexity index is 2160. The minimum atomic E-state index is -0.996. The summed E-state index contributed by atoms with van der Waals surface area (Å²) in [6, 6.07) is 29.1. The second kappa shape index (κ2) is 17.5. The summed E-state index contributed by atoms with van der Waals surface area (Å²) < 4.78 is 14.7. The summed E-state index contributed by atoms with van der Waals surface area (Å²) in [7, 11) is 1.32. The smallest absolute Gasteiger partial charge is 0.357 e. The van der Waals surface area contributed by atoms with Gasteiger partial charge in [0.25, 0.3) is 11.8 Å². The van der Waals surface area contributed by atoms with Crippen LogP contribution in [0.15, 0.2) is 123 Å². The van der Waals surface area contributed by atoms with E-state index in [-0.39, 0.29) is 17.1 Å². The van der Waals surface area contributed by atoms with Crippen molar-refractivity contribution in [1.82, 2.24) is 24.8 Å². The number of hydrogen-bond donors (Lipinski definition) is 2. The van der Waals surface area contributed by atoms with E-state index in [1.807, 2.05) is 54.6 Å². The van der Waals surface area contributed by atoms with Crippen molar-refractivity contribution in [3.05, 3.63) is 136 Å². The summed E-state index contributed by atoms with van der Waals surface area (Å²) in [5, 5.41) is 15.9. The third-order valence-electron chi connectivity index (χ3n) is 8.77. The topological polar surface area (TPSA) is 174 Å². The van der Waals surface area contributed by atoms with Gasteiger partial charge in [-0.15, -0.1) is 40.0 Å². The van der Waals surface area contributed by atoms with Gasteiger partial charge < -0.3 is 24.9 Å². The number of oxime groups is 1. The van der Waals surface area contributed by atoms with Crippen LogP contribution in [0.4, 0.5) is 5.13 Å². The Kier molecular flexibility index (Phi) is 12.1. The van der Waals surface area contributed by atoms with Gasteiger partial charge in [-0.1, -0.05) is 101 Å². The highest BCUT2D eigenvalue weighted by Crippen LogP contribution is 2.43. The first-order chi connectivity index (χ1) is 27.3. The number of nitrogens with one attached hydrogen (secondary N) is 2. The van der Waals surface area contributed by atoms with Gasteiger partial charge in [0.15, 0.2) is 10.8 Å². The highest BCUT2D eigenvalue weighted by atomic mass is 32.2. The molecular weight excluding hydrogens is 795 g/mol. The minimum absolute atomic E-state index is 0.0427. The molecule has 0 unspecified atom stereocenters. The van der Waals surface area contributed by atoms with Crippen molar-refractivity contribution in [3.8, 4) is 0 Å². The average molecular weight is 828 g/mol. The average Bonchev–Trinajstić information content (AvgIpc) is 3.93. The fourth-order valence-electron chi connectivity index (χ4n) is 6.28. The van der Waals surface area contributed by atoms with Crippen LogP contribution in [0, 0.1) is 0 Å². The highest BCUT2D eigenvalue weighted by Gasteiger charge is 2.55. The molecule has 1 saturated heterocycles. The third-order valence-corrected chi connectivity index (χ3v) is 12.8. The number of hydrogen-bond acceptors (Lipinski definition) is 16. The number of nitrogens with zero attached hydrogens (tertiary/aromatic N) is 5. The zero-order valence-electron chi connectivity index (χ0n) is 29.8. The standard InChI is InChI=1S/C38H33N7O7S4/c1-23(46)51-22-52-36(49)32-24(19-53-29-18-39-44-56-29)20-54-35-31(34(48)45(32)35)41-33(47)30(43-50-2)28-21-55-37(40-28)42-38(25-12-6-3-7-13-25,26-14-8-4-9-15-26)27-16-10-5-11-17-27/h3-18,21,31,35H,19-20,22H2,1-2H3,(H,40,42)(H,41,47)/b43-30-/t31-,35-/m1/s1. The lowest BCUT2D eigenvalue weighted by Gasteiger charge is -2.49. The number of benzene rings is 3. The van der Waals surface area contributed by atoms with Crippen LogP contribution in [0.25, 0.3) is 0 Å². The molecule has 2 atom stereocenters. The summed E-state index contributed by atoms with van der Waals surface area (Å²) in [5.74, 6) is -1.94. The zero-order chi connectivity index (χ0) is 39.1. The molecule has 2 aromatic heterocycles. The number of ether oxygens (including phenoxy) is 2. The molecule has 4 heterocycles. The molecule has 2 aliphatic rings. The Labute approximate surface area is 337 Å². The molecule has 0 aliphatic carbocycles. The van der Waals surface area contributed by atoms with Crippen molar-refractivity contribution in [3.63, 3.8) is 0 Å². The second-order valence-electron chi connectivity index (χ2n) is 12.2. The SMILES string of the molecule is CO/N=C(\C(=O)N[C@@H]1C(=O)N2C(C(=O)OCOC(C)=O)=C(CSc3cnns3)CS[C@H]12)c1csc(NC(c2ccccc2)(c2ccccc2)c2ccccc2)n1. The second-order valence-corrected chi connectivity index (χ2v) is 16.2. The fourth-order valence-corrected chi connectivity index (χ4v) is 9.94. The lowest BCUT2D eigenvalue weighted by Crippen LogP contribution is -2.71. The van der Waals surface area contributed by atoms with E-state index in [1.165, 1.54) is 65.3 Å². The first-order valence-corrected chi connectivity index (χ1v) is 20.7. The van der Waals surface area contributed by atoms with E-state index < -0.39 is 47.5 Å². The van der Waals surface area contributed by atoms with Gasteiger partial charge in [0.2, 0.25) is 6.79 Å². The van der Waals surface area contributed by atoms with Gasteiger partial charge in [0.1, 0.15) is 39.7 Å². The maximum absolute atomic E-state index is 13.9. The van der Waals surface area contributed by atoms with Crippen molar-refractivity contribution in [1.29, 1.82) is 0 Å². The van der Waals surface area contributed by atoms with Gasteiger partial charge in [-0.25, -0.2) is 9.78 Å². The summed E-state index contributed by atoms with van der Waals surface area (Å²) >= 11 is 5.30. The molecule has 0 bridgehead atoms. The molecule has 1 fully saturated rings. The van der Waals surface area contributed by atoms with Crippen molar-refractivity contribution >= 4 is 81.0 Å². The number of rotatable bonds is 15. The summed E-state index contributed by atoms with van der Waals surface area (Å²) in [4.78, 5) is 63.5. The predicted octanol–water partition coefficient (Wildman–Crippen LogP) is 5.26. The van der Waals surface area contributed by atoms with Crippen LogP contribution in [0.2, 0.25) is 0 Å². The number of amides is 2. The van der Waals surface area contributed by atoms with Crippen molar-refractivity contribution in [2.45, 2.75) is 28.1 Å². The molecule has 0 spiro atoms. The number of aromatic nitrogens is 3. The number of carbonyl (C=O) groups excluding carboxylic acids is 4. The first-order valence-electron chi connectivity index (χ1n) is 17.0. The van der Waals surface area contributed by atoms with Crippen LogP contribution in [0.5, 0.6) is 0 Å². The van der Waals surface area contributed by atoms with E-state index in [1.54, 1.807) is 11.6 Å². The van der Waals surface area contributed by atoms with E-state index in [0.717, 1.165) is 20.9 Å². The molecule has 2 aliphatic heterocycles. The van der Waals surface area contributed by atoms with Gasteiger partial charge >= 0.3 is 11.9 Å². The van der Waals surface area contributed by atoms with Crippen LogP contribution in [0.3, 0.4) is 0 Å². The maximum atomic E-state index is 13.9. The van der Waals surface area contributed by atoms with E-state index in [2.05, 4.69) is 61.8 Å². The fraction of sp³-hybridized carbons (Fsp3) is 0.211. The molecule has 0 saturated carbocycles. The Balaban J connectivity index is 1.13. The lowest BCUT2D eigenvalue weighted by atomic mass is 9.77. The zero-order valence-corrected chi connectivity index (χ0v) is 33.1. The van der Waals surface area contributed by atoms with E-state index in [4.69, 9.17) is 19.3 Å². The molecule has 2 amide bonds.